The number of carbonyl (C=O) groups is 1. The molecular weight excluding hydrogens is 290 g/mol. The van der Waals surface area contributed by atoms with Crippen LogP contribution in [-0.2, 0) is 6.54 Å². The van der Waals surface area contributed by atoms with Crippen LogP contribution >= 0.6 is 0 Å². The van der Waals surface area contributed by atoms with E-state index in [-0.39, 0.29) is 5.91 Å². The average Bonchev–Trinajstić information content (AvgIpc) is 3.19. The summed E-state index contributed by atoms with van der Waals surface area (Å²) in [5.41, 5.74) is 4.23. The summed E-state index contributed by atoms with van der Waals surface area (Å²) in [7, 11) is 0. The zero-order valence-electron chi connectivity index (χ0n) is 12.6. The minimum absolute atomic E-state index is 0.145. The molecule has 4 aromatic rings. The van der Waals surface area contributed by atoms with Gasteiger partial charge in [0.1, 0.15) is 5.69 Å². The van der Waals surface area contributed by atoms with Crippen molar-refractivity contribution in [3.8, 4) is 0 Å². The van der Waals surface area contributed by atoms with Gasteiger partial charge in [0.05, 0.1) is 18.4 Å². The lowest BCUT2D eigenvalue weighted by atomic mass is 10.2. The molecule has 0 fully saturated rings. The first-order valence-corrected chi connectivity index (χ1v) is 7.35. The van der Waals surface area contributed by atoms with E-state index in [1.54, 1.807) is 12.4 Å². The van der Waals surface area contributed by atoms with Gasteiger partial charge in [0, 0.05) is 29.5 Å². The fourth-order valence-corrected chi connectivity index (χ4v) is 2.66. The van der Waals surface area contributed by atoms with Gasteiger partial charge in [-0.1, -0.05) is 18.2 Å². The number of rotatable bonds is 3. The Bertz CT molecular complexity index is 1010. The predicted molar refractivity (Wildman–Crippen MR) is 87.2 cm³/mol. The van der Waals surface area contributed by atoms with Gasteiger partial charge in [-0.05, 0) is 18.6 Å². The fraction of sp³-hybridized carbons (Fsp3) is 0.118. The number of nitrogens with zero attached hydrogens (tertiary/aromatic N) is 3. The Morgan fingerprint density at radius 2 is 2.26 bits per heavy atom. The molecule has 23 heavy (non-hydrogen) atoms. The first-order chi connectivity index (χ1) is 11.2. The number of nitrogens with one attached hydrogen (secondary N) is 2. The van der Waals surface area contributed by atoms with Crippen molar-refractivity contribution in [3.05, 3.63) is 66.0 Å². The molecule has 0 bridgehead atoms. The van der Waals surface area contributed by atoms with Crippen LogP contribution in [0.5, 0.6) is 0 Å². The van der Waals surface area contributed by atoms with Crippen molar-refractivity contribution < 1.29 is 4.79 Å². The quantitative estimate of drug-likeness (QED) is 0.610. The molecule has 6 heteroatoms. The molecule has 2 N–H and O–H groups in total. The first kappa shape index (κ1) is 13.5. The monoisotopic (exact) mass is 305 g/mol. The Kier molecular flexibility index (Phi) is 3.08. The summed E-state index contributed by atoms with van der Waals surface area (Å²) in [5, 5.41) is 3.92. The summed E-state index contributed by atoms with van der Waals surface area (Å²) in [6.45, 7) is 2.38. The van der Waals surface area contributed by atoms with Crippen LogP contribution in [0.4, 0.5) is 0 Å². The number of amides is 1. The molecule has 0 spiro atoms. The molecule has 0 aliphatic carbocycles. The van der Waals surface area contributed by atoms with Crippen LogP contribution in [-0.4, -0.2) is 25.3 Å². The molecule has 1 aromatic carbocycles. The zero-order valence-corrected chi connectivity index (χ0v) is 12.6. The van der Waals surface area contributed by atoms with Crippen molar-refractivity contribution in [1.29, 1.82) is 0 Å². The van der Waals surface area contributed by atoms with Crippen molar-refractivity contribution in [2.24, 2.45) is 0 Å². The van der Waals surface area contributed by atoms with E-state index in [4.69, 9.17) is 0 Å². The lowest BCUT2D eigenvalue weighted by molar-refractivity contribution is 0.0946. The van der Waals surface area contributed by atoms with Gasteiger partial charge >= 0.3 is 0 Å². The maximum absolute atomic E-state index is 12.3. The number of H-pyrrole nitrogens is 1. The molecule has 4 rings (SSSR count). The summed E-state index contributed by atoms with van der Waals surface area (Å²) >= 11 is 0. The second kappa shape index (κ2) is 5.24. The average molecular weight is 305 g/mol. The summed E-state index contributed by atoms with van der Waals surface area (Å²) in [6, 6.07) is 7.86. The molecule has 0 aliphatic heterocycles. The Labute approximate surface area is 132 Å². The third-order valence-electron chi connectivity index (χ3n) is 3.87. The zero-order chi connectivity index (χ0) is 15.8. The molecule has 6 nitrogen and oxygen atoms in total. The van der Waals surface area contributed by atoms with Gasteiger partial charge in [0.2, 0.25) is 0 Å². The third-order valence-corrected chi connectivity index (χ3v) is 3.87. The van der Waals surface area contributed by atoms with Crippen molar-refractivity contribution in [2.75, 3.05) is 0 Å². The standard InChI is InChI=1S/C17H15N5O/c1-11-3-2-4-12-7-14(21-16(11)12)17(23)20-8-13-10-22-6-5-18-15(22)9-19-13/h2-7,9-10,21H,8H2,1H3,(H,20,23). The number of carbonyl (C=O) groups excluding carboxylic acids is 1. The molecule has 0 saturated heterocycles. The molecule has 0 aliphatic rings. The SMILES string of the molecule is Cc1cccc2cc(C(=O)NCc3cn4ccnc4cn3)[nH]c12. The van der Waals surface area contributed by atoms with Gasteiger partial charge in [-0.15, -0.1) is 0 Å². The molecule has 0 unspecified atom stereocenters. The highest BCUT2D eigenvalue weighted by atomic mass is 16.1. The van der Waals surface area contributed by atoms with E-state index in [0.717, 1.165) is 27.8 Å². The normalized spacial score (nSPS) is 11.2. The van der Waals surface area contributed by atoms with E-state index < -0.39 is 0 Å². The predicted octanol–water partition coefficient (Wildman–Crippen LogP) is 2.45. The van der Waals surface area contributed by atoms with Gasteiger partial charge in [0.15, 0.2) is 5.65 Å². The number of aromatic amines is 1. The molecule has 3 heterocycles. The minimum Gasteiger partial charge on any atom is -0.350 e. The van der Waals surface area contributed by atoms with E-state index in [2.05, 4.69) is 20.3 Å². The molecule has 114 valence electrons. The Hall–Kier alpha value is -3.15. The van der Waals surface area contributed by atoms with Crippen LogP contribution in [0, 0.1) is 6.92 Å². The number of hydrogen-bond donors (Lipinski definition) is 2. The van der Waals surface area contributed by atoms with E-state index in [0.29, 0.717) is 12.2 Å². The summed E-state index contributed by atoms with van der Waals surface area (Å²) in [4.78, 5) is 23.9. The van der Waals surface area contributed by atoms with Crippen molar-refractivity contribution >= 4 is 22.5 Å². The number of aromatic nitrogens is 4. The minimum atomic E-state index is -0.145. The van der Waals surface area contributed by atoms with Gasteiger partial charge in [-0.25, -0.2) is 4.98 Å². The molecule has 3 aromatic heterocycles. The van der Waals surface area contributed by atoms with Crippen molar-refractivity contribution in [2.45, 2.75) is 13.5 Å². The molecule has 0 radical (unpaired) electrons. The van der Waals surface area contributed by atoms with Crippen LogP contribution in [0.3, 0.4) is 0 Å². The summed E-state index contributed by atoms with van der Waals surface area (Å²) in [6.07, 6.45) is 7.11. The molecular formula is C17H15N5O. The van der Waals surface area contributed by atoms with Crippen LogP contribution < -0.4 is 5.32 Å². The topological polar surface area (TPSA) is 75.1 Å². The number of fused-ring (bicyclic) bond motifs is 2. The Morgan fingerprint density at radius 3 is 3.13 bits per heavy atom. The third kappa shape index (κ3) is 2.44. The largest absolute Gasteiger partial charge is 0.350 e. The highest BCUT2D eigenvalue weighted by Gasteiger charge is 2.10. The maximum atomic E-state index is 12.3. The first-order valence-electron chi connectivity index (χ1n) is 7.35. The van der Waals surface area contributed by atoms with Crippen molar-refractivity contribution in [1.82, 2.24) is 24.7 Å². The summed E-state index contributed by atoms with van der Waals surface area (Å²) in [5.74, 6) is -0.145. The van der Waals surface area contributed by atoms with Crippen LogP contribution in [0.15, 0.2) is 49.1 Å². The molecule has 0 saturated carbocycles. The molecule has 0 atom stereocenters. The van der Waals surface area contributed by atoms with E-state index in [9.17, 15) is 4.79 Å². The summed E-state index contributed by atoms with van der Waals surface area (Å²) < 4.78 is 1.88. The lowest BCUT2D eigenvalue weighted by Crippen LogP contribution is -2.23. The van der Waals surface area contributed by atoms with Gasteiger partial charge in [-0.3, -0.25) is 9.78 Å². The highest BCUT2D eigenvalue weighted by Crippen LogP contribution is 2.18. The maximum Gasteiger partial charge on any atom is 0.268 e. The second-order valence-electron chi connectivity index (χ2n) is 5.48. The number of hydrogen-bond acceptors (Lipinski definition) is 3. The van der Waals surface area contributed by atoms with Crippen LogP contribution in [0.25, 0.3) is 16.6 Å². The van der Waals surface area contributed by atoms with Crippen LogP contribution in [0.2, 0.25) is 0 Å². The number of imidazole rings is 1. The number of para-hydroxylation sites is 1. The highest BCUT2D eigenvalue weighted by molar-refractivity contribution is 5.98. The number of aryl methyl sites for hydroxylation is 1. The van der Waals surface area contributed by atoms with E-state index >= 15 is 0 Å². The van der Waals surface area contributed by atoms with E-state index in [1.165, 1.54) is 0 Å². The van der Waals surface area contributed by atoms with E-state index in [1.807, 2.05) is 48.0 Å². The Morgan fingerprint density at radius 1 is 1.35 bits per heavy atom. The van der Waals surface area contributed by atoms with Gasteiger partial charge < -0.3 is 14.7 Å². The van der Waals surface area contributed by atoms with Gasteiger partial charge in [-0.2, -0.15) is 0 Å². The van der Waals surface area contributed by atoms with Crippen LogP contribution in [0.1, 0.15) is 21.7 Å². The van der Waals surface area contributed by atoms with Gasteiger partial charge in [0.25, 0.3) is 5.91 Å². The molecule has 1 amide bonds. The Balaban J connectivity index is 1.53. The smallest absolute Gasteiger partial charge is 0.268 e. The fourth-order valence-electron chi connectivity index (χ4n) is 2.66. The second-order valence-corrected chi connectivity index (χ2v) is 5.48. The lowest BCUT2D eigenvalue weighted by Gasteiger charge is -2.04. The number of benzene rings is 1. The van der Waals surface area contributed by atoms with Crippen molar-refractivity contribution in [3.63, 3.8) is 0 Å².